The second kappa shape index (κ2) is 2.97. The Bertz CT molecular complexity index is 149. The Hall–Kier alpha value is 0.0500. The van der Waals surface area contributed by atoms with Gasteiger partial charge >= 0.3 is 0 Å². The summed E-state index contributed by atoms with van der Waals surface area (Å²) in [6.07, 6.45) is 6.78. The minimum atomic E-state index is 0.580. The van der Waals surface area contributed by atoms with E-state index >= 15 is 0 Å². The first-order valence-electron chi connectivity index (χ1n) is 3.88. The summed E-state index contributed by atoms with van der Waals surface area (Å²) in [6.45, 7) is 0.998. The summed E-state index contributed by atoms with van der Waals surface area (Å²) >= 11 is 2.01. The third-order valence-corrected chi connectivity index (χ3v) is 3.04. The molecule has 1 nitrogen and oxygen atoms in total. The summed E-state index contributed by atoms with van der Waals surface area (Å²) in [5, 5.41) is 0. The molecule has 1 unspecified atom stereocenters. The van der Waals surface area contributed by atoms with Crippen LogP contribution >= 0.6 is 11.8 Å². The fourth-order valence-electron chi connectivity index (χ4n) is 1.16. The van der Waals surface area contributed by atoms with Crippen molar-refractivity contribution >= 4 is 11.8 Å². The molecule has 0 aliphatic carbocycles. The van der Waals surface area contributed by atoms with Crippen LogP contribution in [0.15, 0.2) is 11.0 Å². The standard InChI is InChI=1S/C8H12OS/c1-2-4-10-8(3-1)5-7-6-9-7/h3,7H,1-2,4-6H2. The second-order valence-electron chi connectivity index (χ2n) is 2.82. The Morgan fingerprint density at radius 1 is 1.70 bits per heavy atom. The number of rotatable bonds is 2. The highest BCUT2D eigenvalue weighted by Crippen LogP contribution is 2.31. The Morgan fingerprint density at radius 2 is 2.60 bits per heavy atom. The van der Waals surface area contributed by atoms with Gasteiger partial charge in [-0.15, -0.1) is 11.8 Å². The molecular weight excluding hydrogens is 144 g/mol. The van der Waals surface area contributed by atoms with Gasteiger partial charge in [-0.2, -0.15) is 0 Å². The van der Waals surface area contributed by atoms with Crippen LogP contribution in [-0.4, -0.2) is 18.5 Å². The van der Waals surface area contributed by atoms with Crippen molar-refractivity contribution in [2.24, 2.45) is 0 Å². The lowest BCUT2D eigenvalue weighted by molar-refractivity contribution is 0.409. The number of allylic oxidation sites excluding steroid dienone is 1. The number of thioether (sulfide) groups is 1. The molecule has 0 bridgehead atoms. The molecule has 0 radical (unpaired) electrons. The van der Waals surface area contributed by atoms with Crippen molar-refractivity contribution in [2.75, 3.05) is 12.4 Å². The van der Waals surface area contributed by atoms with Crippen LogP contribution in [0.1, 0.15) is 19.3 Å². The molecule has 2 rings (SSSR count). The largest absolute Gasteiger partial charge is 0.373 e. The summed E-state index contributed by atoms with van der Waals surface area (Å²) in [5.41, 5.74) is 0. The van der Waals surface area contributed by atoms with Gasteiger partial charge in [-0.25, -0.2) is 0 Å². The van der Waals surface area contributed by atoms with Crippen LogP contribution in [0.5, 0.6) is 0 Å². The lowest BCUT2D eigenvalue weighted by Crippen LogP contribution is -1.93. The van der Waals surface area contributed by atoms with Crippen molar-refractivity contribution in [3.63, 3.8) is 0 Å². The van der Waals surface area contributed by atoms with Crippen molar-refractivity contribution < 1.29 is 4.74 Å². The van der Waals surface area contributed by atoms with Crippen LogP contribution in [0.25, 0.3) is 0 Å². The number of hydrogen-bond donors (Lipinski definition) is 0. The zero-order valence-corrected chi connectivity index (χ0v) is 6.82. The van der Waals surface area contributed by atoms with E-state index in [1.165, 1.54) is 25.0 Å². The molecule has 1 saturated heterocycles. The van der Waals surface area contributed by atoms with E-state index in [1.54, 1.807) is 4.91 Å². The molecule has 56 valence electrons. The molecule has 0 aromatic heterocycles. The molecule has 0 N–H and O–H groups in total. The maximum atomic E-state index is 5.16. The van der Waals surface area contributed by atoms with Gasteiger partial charge in [0.05, 0.1) is 12.7 Å². The molecule has 0 aromatic rings. The van der Waals surface area contributed by atoms with Crippen molar-refractivity contribution in [1.82, 2.24) is 0 Å². The van der Waals surface area contributed by atoms with Crippen molar-refractivity contribution in [1.29, 1.82) is 0 Å². The fraction of sp³-hybridized carbons (Fsp3) is 0.750. The van der Waals surface area contributed by atoms with Crippen molar-refractivity contribution in [3.8, 4) is 0 Å². The summed E-state index contributed by atoms with van der Waals surface area (Å²) in [4.78, 5) is 1.56. The molecule has 1 fully saturated rings. The average Bonchev–Trinajstić information content (AvgIpc) is 2.74. The minimum Gasteiger partial charge on any atom is -0.373 e. The van der Waals surface area contributed by atoms with E-state index in [0.29, 0.717) is 6.10 Å². The molecular formula is C8H12OS. The Labute approximate surface area is 65.8 Å². The number of epoxide rings is 1. The predicted molar refractivity (Wildman–Crippen MR) is 44.1 cm³/mol. The zero-order valence-electron chi connectivity index (χ0n) is 6.01. The van der Waals surface area contributed by atoms with Gasteiger partial charge in [0.25, 0.3) is 0 Å². The van der Waals surface area contributed by atoms with Crippen LogP contribution < -0.4 is 0 Å². The van der Waals surface area contributed by atoms with Gasteiger partial charge in [-0.3, -0.25) is 0 Å². The molecule has 0 spiro atoms. The van der Waals surface area contributed by atoms with Crippen LogP contribution in [-0.2, 0) is 4.74 Å². The Kier molecular flexibility index (Phi) is 2.00. The molecule has 1 atom stereocenters. The fourth-order valence-corrected chi connectivity index (χ4v) is 2.27. The van der Waals surface area contributed by atoms with Gasteiger partial charge in [-0.05, 0) is 23.5 Å². The van der Waals surface area contributed by atoms with Crippen molar-refractivity contribution in [2.45, 2.75) is 25.4 Å². The van der Waals surface area contributed by atoms with Crippen LogP contribution in [0, 0.1) is 0 Å². The lowest BCUT2D eigenvalue weighted by atomic mass is 10.2. The third kappa shape index (κ3) is 1.77. The van der Waals surface area contributed by atoms with Gasteiger partial charge in [0.15, 0.2) is 0 Å². The average molecular weight is 156 g/mol. The minimum absolute atomic E-state index is 0.580. The molecule has 2 heteroatoms. The number of hydrogen-bond acceptors (Lipinski definition) is 2. The van der Waals surface area contributed by atoms with E-state index in [4.69, 9.17) is 4.74 Å². The SMILES string of the molecule is C1=C(CC2CO2)SCCC1. The summed E-state index contributed by atoms with van der Waals surface area (Å²) in [5.74, 6) is 1.32. The Morgan fingerprint density at radius 3 is 3.20 bits per heavy atom. The maximum absolute atomic E-state index is 5.16. The van der Waals surface area contributed by atoms with E-state index in [0.717, 1.165) is 6.61 Å². The first kappa shape index (κ1) is 6.74. The number of ether oxygens (including phenoxy) is 1. The topological polar surface area (TPSA) is 12.5 Å². The van der Waals surface area contributed by atoms with Crippen LogP contribution in [0.3, 0.4) is 0 Å². The quantitative estimate of drug-likeness (QED) is 0.568. The summed E-state index contributed by atoms with van der Waals surface area (Å²) < 4.78 is 5.16. The first-order valence-corrected chi connectivity index (χ1v) is 4.87. The Balaban J connectivity index is 1.83. The highest BCUT2D eigenvalue weighted by molar-refractivity contribution is 8.03. The van der Waals surface area contributed by atoms with Gasteiger partial charge in [-0.1, -0.05) is 6.08 Å². The molecule has 10 heavy (non-hydrogen) atoms. The normalized spacial score (nSPS) is 31.6. The highest BCUT2D eigenvalue weighted by atomic mass is 32.2. The lowest BCUT2D eigenvalue weighted by Gasteiger charge is -2.09. The van der Waals surface area contributed by atoms with Crippen molar-refractivity contribution in [3.05, 3.63) is 11.0 Å². The monoisotopic (exact) mass is 156 g/mol. The van der Waals surface area contributed by atoms with Gasteiger partial charge in [0, 0.05) is 6.42 Å². The van der Waals surface area contributed by atoms with Crippen LogP contribution in [0.2, 0.25) is 0 Å². The summed E-state index contributed by atoms with van der Waals surface area (Å²) in [7, 11) is 0. The first-order chi connectivity index (χ1) is 4.95. The second-order valence-corrected chi connectivity index (χ2v) is 4.04. The van der Waals surface area contributed by atoms with E-state index < -0.39 is 0 Å². The molecule has 0 saturated carbocycles. The van der Waals surface area contributed by atoms with E-state index in [1.807, 2.05) is 11.8 Å². The smallest absolute Gasteiger partial charge is 0.0855 e. The van der Waals surface area contributed by atoms with E-state index in [2.05, 4.69) is 6.08 Å². The predicted octanol–water partition coefficient (Wildman–Crippen LogP) is 2.19. The van der Waals surface area contributed by atoms with Gasteiger partial charge < -0.3 is 4.74 Å². The van der Waals surface area contributed by atoms with E-state index in [9.17, 15) is 0 Å². The van der Waals surface area contributed by atoms with Crippen LogP contribution in [0.4, 0.5) is 0 Å². The van der Waals surface area contributed by atoms with E-state index in [-0.39, 0.29) is 0 Å². The highest BCUT2D eigenvalue weighted by Gasteiger charge is 2.24. The third-order valence-electron chi connectivity index (χ3n) is 1.84. The molecule has 2 heterocycles. The zero-order chi connectivity index (χ0) is 6.81. The summed E-state index contributed by atoms with van der Waals surface area (Å²) in [6, 6.07) is 0. The maximum Gasteiger partial charge on any atom is 0.0855 e. The molecule has 0 amide bonds. The molecule has 2 aliphatic rings. The molecule has 2 aliphatic heterocycles. The van der Waals surface area contributed by atoms with Gasteiger partial charge in [0.1, 0.15) is 0 Å². The van der Waals surface area contributed by atoms with Gasteiger partial charge in [0.2, 0.25) is 0 Å². The molecule has 0 aromatic carbocycles.